The van der Waals surface area contributed by atoms with Crippen molar-refractivity contribution in [2.75, 3.05) is 0 Å². The van der Waals surface area contributed by atoms with Crippen LogP contribution in [0.3, 0.4) is 0 Å². The Morgan fingerprint density at radius 1 is 1.17 bits per heavy atom. The Morgan fingerprint density at radius 3 is 2.53 bits per heavy atom. The fourth-order valence-corrected chi connectivity index (χ4v) is 5.74. The molecule has 30 heavy (non-hydrogen) atoms. The third-order valence-electron chi connectivity index (χ3n) is 5.95. The summed E-state index contributed by atoms with van der Waals surface area (Å²) in [5.74, 6) is -0.320. The van der Waals surface area contributed by atoms with E-state index in [-0.39, 0.29) is 0 Å². The number of hydrogen-bond donors (Lipinski definition) is 1. The molecule has 4 nitrogen and oxygen atoms in total. The van der Waals surface area contributed by atoms with E-state index in [1.807, 2.05) is 32.2 Å². The van der Waals surface area contributed by atoms with Gasteiger partial charge in [0.05, 0.1) is 11.3 Å². The first-order valence-corrected chi connectivity index (χ1v) is 11.4. The van der Waals surface area contributed by atoms with Gasteiger partial charge in [0, 0.05) is 28.0 Å². The van der Waals surface area contributed by atoms with E-state index in [2.05, 4.69) is 41.6 Å². The summed E-state index contributed by atoms with van der Waals surface area (Å²) in [6, 6.07) is 10.4. The molecule has 2 heterocycles. The van der Waals surface area contributed by atoms with Crippen LogP contribution in [0.1, 0.15) is 75.9 Å². The molecule has 1 aliphatic rings. The van der Waals surface area contributed by atoms with E-state index in [1.54, 1.807) is 11.3 Å². The highest BCUT2D eigenvalue weighted by Crippen LogP contribution is 2.38. The zero-order valence-corrected chi connectivity index (χ0v) is 18.8. The number of fused-ring (bicyclic) bond motifs is 1. The van der Waals surface area contributed by atoms with Crippen LogP contribution in [0.2, 0.25) is 0 Å². The molecule has 0 saturated heterocycles. The van der Waals surface area contributed by atoms with Crippen molar-refractivity contribution >= 4 is 29.2 Å². The van der Waals surface area contributed by atoms with Gasteiger partial charge in [0.1, 0.15) is 5.00 Å². The highest BCUT2D eigenvalue weighted by Gasteiger charge is 2.27. The normalized spacial score (nSPS) is 13.9. The van der Waals surface area contributed by atoms with Gasteiger partial charge < -0.3 is 9.67 Å². The molecule has 156 valence electrons. The van der Waals surface area contributed by atoms with Gasteiger partial charge in [-0.2, -0.15) is 0 Å². The van der Waals surface area contributed by atoms with Crippen LogP contribution in [0.5, 0.6) is 0 Å². The highest BCUT2D eigenvalue weighted by molar-refractivity contribution is 7.15. The maximum absolute atomic E-state index is 12.1. The summed E-state index contributed by atoms with van der Waals surface area (Å²) in [4.78, 5) is 18.0. The Labute approximate surface area is 181 Å². The van der Waals surface area contributed by atoms with E-state index in [9.17, 15) is 9.90 Å². The van der Waals surface area contributed by atoms with Crippen molar-refractivity contribution in [3.05, 3.63) is 68.9 Å². The topological polar surface area (TPSA) is 54.6 Å². The Hall–Kier alpha value is -2.66. The molecule has 0 spiro atoms. The number of carboxylic acids is 1. The summed E-state index contributed by atoms with van der Waals surface area (Å²) in [5, 5.41) is 10.8. The van der Waals surface area contributed by atoms with Crippen molar-refractivity contribution in [2.24, 2.45) is 4.99 Å². The minimum Gasteiger partial charge on any atom is -0.478 e. The molecule has 3 aromatic rings. The number of aryl methyl sites for hydroxylation is 2. The summed E-state index contributed by atoms with van der Waals surface area (Å²) >= 11 is 1.64. The number of carboxylic acid groups (broad SMARTS) is 1. The van der Waals surface area contributed by atoms with Crippen LogP contribution >= 0.6 is 11.3 Å². The Bertz CT molecular complexity index is 1120. The molecule has 5 heteroatoms. The molecular formula is C25H28N2O2S. The fraction of sp³-hybridized carbons (Fsp3) is 0.360. The number of benzene rings is 1. The summed E-state index contributed by atoms with van der Waals surface area (Å²) in [5.41, 5.74) is 6.83. The van der Waals surface area contributed by atoms with Gasteiger partial charge in [0.15, 0.2) is 0 Å². The minimum absolute atomic E-state index is 0.490. The average molecular weight is 421 g/mol. The third kappa shape index (κ3) is 3.74. The van der Waals surface area contributed by atoms with E-state index in [0.29, 0.717) is 11.5 Å². The predicted molar refractivity (Wildman–Crippen MR) is 125 cm³/mol. The summed E-state index contributed by atoms with van der Waals surface area (Å²) in [6.45, 7) is 8.44. The number of thiophene rings is 1. The summed E-state index contributed by atoms with van der Waals surface area (Å²) < 4.78 is 2.09. The number of aromatic nitrogens is 1. The second-order valence-electron chi connectivity index (χ2n) is 8.36. The van der Waals surface area contributed by atoms with Crippen molar-refractivity contribution in [2.45, 2.75) is 59.3 Å². The zero-order valence-electron chi connectivity index (χ0n) is 18.0. The number of aromatic carboxylic acids is 1. The van der Waals surface area contributed by atoms with E-state index < -0.39 is 5.97 Å². The van der Waals surface area contributed by atoms with E-state index in [4.69, 9.17) is 0 Å². The fourth-order valence-electron chi connectivity index (χ4n) is 4.25. The van der Waals surface area contributed by atoms with Gasteiger partial charge in [-0.3, -0.25) is 4.99 Å². The standard InChI is InChI=1S/C25H28N2O2S/c1-15(2)18-9-11-20(12-10-18)26-14-19-13-16(3)27(17(19)4)24-23(25(28)29)21-7-5-6-8-22(21)30-24/h9-15H,5-8H2,1-4H3,(H,28,29). The first kappa shape index (κ1) is 20.6. The number of carbonyl (C=O) groups is 1. The molecule has 2 aromatic heterocycles. The molecule has 0 fully saturated rings. The molecule has 1 N–H and O–H groups in total. The number of hydrogen-bond acceptors (Lipinski definition) is 3. The van der Waals surface area contributed by atoms with Crippen molar-refractivity contribution in [1.29, 1.82) is 0 Å². The van der Waals surface area contributed by atoms with Crippen molar-refractivity contribution in [3.63, 3.8) is 0 Å². The highest BCUT2D eigenvalue weighted by atomic mass is 32.1. The van der Waals surface area contributed by atoms with Crippen LogP contribution in [0, 0.1) is 13.8 Å². The first-order valence-electron chi connectivity index (χ1n) is 10.6. The third-order valence-corrected chi connectivity index (χ3v) is 7.23. The molecule has 1 aliphatic carbocycles. The first-order chi connectivity index (χ1) is 14.4. The number of rotatable bonds is 5. The van der Waals surface area contributed by atoms with Crippen molar-refractivity contribution < 1.29 is 9.90 Å². The molecule has 0 aliphatic heterocycles. The van der Waals surface area contributed by atoms with Crippen LogP contribution in [0.15, 0.2) is 35.3 Å². The molecule has 0 radical (unpaired) electrons. The largest absolute Gasteiger partial charge is 0.478 e. The van der Waals surface area contributed by atoms with Gasteiger partial charge in [0.25, 0.3) is 0 Å². The van der Waals surface area contributed by atoms with Crippen LogP contribution in [0.4, 0.5) is 5.69 Å². The average Bonchev–Trinajstić information content (AvgIpc) is 3.23. The Kier molecular flexibility index (Phi) is 5.65. The van der Waals surface area contributed by atoms with Gasteiger partial charge in [-0.25, -0.2) is 4.79 Å². The van der Waals surface area contributed by atoms with Gasteiger partial charge in [-0.05, 0) is 74.8 Å². The van der Waals surface area contributed by atoms with Gasteiger partial charge in [0.2, 0.25) is 0 Å². The molecule has 0 atom stereocenters. The maximum Gasteiger partial charge on any atom is 0.339 e. The molecule has 0 bridgehead atoms. The van der Waals surface area contributed by atoms with E-state index in [1.165, 1.54) is 10.4 Å². The van der Waals surface area contributed by atoms with Crippen LogP contribution in [-0.2, 0) is 12.8 Å². The second-order valence-corrected chi connectivity index (χ2v) is 9.45. The van der Waals surface area contributed by atoms with Gasteiger partial charge in [-0.15, -0.1) is 11.3 Å². The lowest BCUT2D eigenvalue weighted by Crippen LogP contribution is -2.09. The molecule has 0 amide bonds. The molecular weight excluding hydrogens is 392 g/mol. The maximum atomic E-state index is 12.1. The molecule has 0 unspecified atom stereocenters. The zero-order chi connectivity index (χ0) is 21.4. The van der Waals surface area contributed by atoms with E-state index >= 15 is 0 Å². The van der Waals surface area contributed by atoms with Gasteiger partial charge >= 0.3 is 5.97 Å². The Balaban J connectivity index is 1.71. The minimum atomic E-state index is -0.822. The Morgan fingerprint density at radius 2 is 1.87 bits per heavy atom. The lowest BCUT2D eigenvalue weighted by molar-refractivity contribution is 0.0696. The second kappa shape index (κ2) is 8.23. The van der Waals surface area contributed by atoms with Crippen LogP contribution < -0.4 is 0 Å². The summed E-state index contributed by atoms with van der Waals surface area (Å²) in [7, 11) is 0. The number of nitrogens with zero attached hydrogens (tertiary/aromatic N) is 2. The summed E-state index contributed by atoms with van der Waals surface area (Å²) in [6.07, 6.45) is 5.95. The number of aliphatic imine (C=N–C) groups is 1. The smallest absolute Gasteiger partial charge is 0.339 e. The monoisotopic (exact) mass is 420 g/mol. The molecule has 4 rings (SSSR count). The van der Waals surface area contributed by atoms with Crippen molar-refractivity contribution in [3.8, 4) is 5.00 Å². The molecule has 1 aromatic carbocycles. The van der Waals surface area contributed by atoms with Crippen LogP contribution in [-0.4, -0.2) is 21.9 Å². The lowest BCUT2D eigenvalue weighted by atomic mass is 9.95. The van der Waals surface area contributed by atoms with Gasteiger partial charge in [-0.1, -0.05) is 26.0 Å². The van der Waals surface area contributed by atoms with E-state index in [0.717, 1.165) is 58.9 Å². The predicted octanol–water partition coefficient (Wildman–Crippen LogP) is 6.61. The SMILES string of the molecule is Cc1cc(C=Nc2ccc(C(C)C)cc2)c(C)n1-c1sc2c(c1C(=O)O)CCCC2. The lowest BCUT2D eigenvalue weighted by Gasteiger charge is -2.11. The quantitative estimate of drug-likeness (QED) is 0.472. The van der Waals surface area contributed by atoms with Crippen molar-refractivity contribution in [1.82, 2.24) is 4.57 Å². The molecule has 0 saturated carbocycles. The van der Waals surface area contributed by atoms with Crippen LogP contribution in [0.25, 0.3) is 5.00 Å².